The molecule has 1 aromatic heterocycles. The van der Waals surface area contributed by atoms with Crippen LogP contribution in [0.15, 0.2) is 42.6 Å². The van der Waals surface area contributed by atoms with Gasteiger partial charge in [0, 0.05) is 12.7 Å². The summed E-state index contributed by atoms with van der Waals surface area (Å²) in [7, 11) is 1.57. The van der Waals surface area contributed by atoms with Crippen LogP contribution < -0.4 is 15.8 Å². The number of hydrogen-bond acceptors (Lipinski definition) is 10. The molecule has 2 aromatic rings. The summed E-state index contributed by atoms with van der Waals surface area (Å²) < 4.78 is 27.8. The van der Waals surface area contributed by atoms with Crippen LogP contribution in [0.1, 0.15) is 52.7 Å². The van der Waals surface area contributed by atoms with Crippen LogP contribution in [0, 0.1) is 0 Å². The van der Waals surface area contributed by atoms with Gasteiger partial charge in [0.05, 0.1) is 19.7 Å². The highest BCUT2D eigenvalue weighted by Crippen LogP contribution is 2.30. The summed E-state index contributed by atoms with van der Waals surface area (Å²) in [6, 6.07) is 10.1. The van der Waals surface area contributed by atoms with Gasteiger partial charge in [-0.25, -0.2) is 19.4 Å². The fraction of sp³-hybridized carbons (Fsp3) is 0.533. The second-order valence-electron chi connectivity index (χ2n) is 12.0. The fourth-order valence-corrected chi connectivity index (χ4v) is 4.40. The van der Waals surface area contributed by atoms with Gasteiger partial charge in [-0.2, -0.15) is 0 Å². The highest BCUT2D eigenvalue weighted by Gasteiger charge is 2.50. The first-order chi connectivity index (χ1) is 19.6. The molecule has 3 atom stereocenters. The van der Waals surface area contributed by atoms with Gasteiger partial charge in [0.25, 0.3) is 0 Å². The number of aromatic nitrogens is 1. The highest BCUT2D eigenvalue weighted by molar-refractivity contribution is 5.71. The number of ether oxygens (including phenoxy) is 5. The maximum absolute atomic E-state index is 13.4. The van der Waals surface area contributed by atoms with E-state index in [-0.39, 0.29) is 19.5 Å². The summed E-state index contributed by atoms with van der Waals surface area (Å²) in [5.41, 5.74) is 5.88. The normalized spacial score (nSPS) is 18.6. The molecule has 230 valence electrons. The maximum atomic E-state index is 13.4. The molecule has 2 heterocycles. The minimum Gasteiger partial charge on any atom is -0.497 e. The number of carbonyl (C=O) groups excluding carboxylic acids is 3. The van der Waals surface area contributed by atoms with Gasteiger partial charge >= 0.3 is 18.3 Å². The SMILES string of the molecule is COc1ccc(C[C@@H]2[C@H](OC(=O)NCCc3ccnc(N)c3)[C@@H](OC(=O)OC(C)(C)C)CN2C(=O)OC(C)(C)C)cc1. The van der Waals surface area contributed by atoms with Crippen LogP contribution in [0.2, 0.25) is 0 Å². The number of nitrogens with zero attached hydrogens (tertiary/aromatic N) is 2. The summed E-state index contributed by atoms with van der Waals surface area (Å²) in [6.07, 6.45) is -1.97. The first kappa shape index (κ1) is 32.3. The molecule has 3 rings (SSSR count). The Morgan fingerprint density at radius 2 is 1.64 bits per heavy atom. The number of nitrogen functional groups attached to an aromatic ring is 1. The Bertz CT molecular complexity index is 1220. The smallest absolute Gasteiger partial charge is 0.497 e. The maximum Gasteiger partial charge on any atom is 0.509 e. The molecular formula is C30H42N4O8. The molecule has 3 N–H and O–H groups in total. The first-order valence-corrected chi connectivity index (χ1v) is 13.8. The fourth-order valence-electron chi connectivity index (χ4n) is 4.40. The third kappa shape index (κ3) is 10.0. The molecule has 0 spiro atoms. The number of carbonyl (C=O) groups is 3. The third-order valence-corrected chi connectivity index (χ3v) is 6.16. The number of nitrogens with one attached hydrogen (secondary N) is 1. The molecule has 0 unspecified atom stereocenters. The average Bonchev–Trinajstić information content (AvgIpc) is 3.18. The Hall–Kier alpha value is -4.22. The zero-order chi connectivity index (χ0) is 31.1. The van der Waals surface area contributed by atoms with Crippen molar-refractivity contribution in [3.63, 3.8) is 0 Å². The van der Waals surface area contributed by atoms with E-state index >= 15 is 0 Å². The molecule has 1 fully saturated rings. The topological polar surface area (TPSA) is 152 Å². The summed E-state index contributed by atoms with van der Waals surface area (Å²) >= 11 is 0. The van der Waals surface area contributed by atoms with Crippen molar-refractivity contribution in [3.8, 4) is 5.75 Å². The van der Waals surface area contributed by atoms with E-state index in [1.54, 1.807) is 79.1 Å². The zero-order valence-electron chi connectivity index (χ0n) is 25.3. The van der Waals surface area contributed by atoms with Gasteiger partial charge in [-0.15, -0.1) is 0 Å². The molecule has 0 aliphatic carbocycles. The van der Waals surface area contributed by atoms with Crippen molar-refractivity contribution >= 4 is 24.2 Å². The number of pyridine rings is 1. The molecule has 0 radical (unpaired) electrons. The largest absolute Gasteiger partial charge is 0.509 e. The molecule has 42 heavy (non-hydrogen) atoms. The van der Waals surface area contributed by atoms with E-state index in [0.29, 0.717) is 18.0 Å². The minimum absolute atomic E-state index is 0.0663. The molecule has 12 heteroatoms. The predicted molar refractivity (Wildman–Crippen MR) is 155 cm³/mol. The number of methoxy groups -OCH3 is 1. The molecule has 0 bridgehead atoms. The van der Waals surface area contributed by atoms with Crippen LogP contribution in [0.25, 0.3) is 0 Å². The van der Waals surface area contributed by atoms with Crippen LogP contribution in [-0.4, -0.2) is 77.9 Å². The Balaban J connectivity index is 1.85. The second kappa shape index (κ2) is 13.6. The van der Waals surface area contributed by atoms with Crippen molar-refractivity contribution in [3.05, 3.63) is 53.7 Å². The van der Waals surface area contributed by atoms with Gasteiger partial charge < -0.3 is 34.7 Å². The lowest BCUT2D eigenvalue weighted by Gasteiger charge is -2.30. The molecule has 1 aliphatic heterocycles. The van der Waals surface area contributed by atoms with Crippen LogP contribution in [0.4, 0.5) is 20.2 Å². The number of hydrogen-bond donors (Lipinski definition) is 2. The number of rotatable bonds is 8. The van der Waals surface area contributed by atoms with Gasteiger partial charge in [-0.05, 0) is 89.8 Å². The van der Waals surface area contributed by atoms with Crippen LogP contribution in [-0.2, 0) is 31.8 Å². The van der Waals surface area contributed by atoms with Crippen molar-refractivity contribution in [1.82, 2.24) is 15.2 Å². The monoisotopic (exact) mass is 586 g/mol. The van der Waals surface area contributed by atoms with Crippen LogP contribution in [0.3, 0.4) is 0 Å². The van der Waals surface area contributed by atoms with E-state index in [1.807, 2.05) is 12.1 Å². The average molecular weight is 587 g/mol. The first-order valence-electron chi connectivity index (χ1n) is 13.8. The molecule has 2 amide bonds. The molecule has 1 aliphatic rings. The number of likely N-dealkylation sites (tertiary alicyclic amines) is 1. The van der Waals surface area contributed by atoms with E-state index in [9.17, 15) is 14.4 Å². The molecule has 1 saturated heterocycles. The van der Waals surface area contributed by atoms with E-state index in [1.165, 1.54) is 4.90 Å². The lowest BCUT2D eigenvalue weighted by Crippen LogP contribution is -2.46. The molecule has 12 nitrogen and oxygen atoms in total. The Morgan fingerprint density at radius 3 is 2.24 bits per heavy atom. The Morgan fingerprint density at radius 1 is 0.976 bits per heavy atom. The van der Waals surface area contributed by atoms with Gasteiger partial charge in [0.15, 0.2) is 12.2 Å². The van der Waals surface area contributed by atoms with Crippen molar-refractivity contribution in [2.45, 2.75) is 83.8 Å². The lowest BCUT2D eigenvalue weighted by molar-refractivity contribution is -0.0517. The number of amides is 2. The van der Waals surface area contributed by atoms with Crippen molar-refractivity contribution < 1.29 is 38.1 Å². The van der Waals surface area contributed by atoms with Crippen LogP contribution >= 0.6 is 0 Å². The van der Waals surface area contributed by atoms with Gasteiger partial charge in [0.1, 0.15) is 22.8 Å². The summed E-state index contributed by atoms with van der Waals surface area (Å²) in [6.45, 7) is 10.6. The number of benzene rings is 1. The van der Waals surface area contributed by atoms with Gasteiger partial charge in [0.2, 0.25) is 0 Å². The van der Waals surface area contributed by atoms with Gasteiger partial charge in [-0.3, -0.25) is 4.90 Å². The Kier molecular flexibility index (Phi) is 10.5. The van der Waals surface area contributed by atoms with Crippen molar-refractivity contribution in [2.75, 3.05) is 25.9 Å². The zero-order valence-corrected chi connectivity index (χ0v) is 25.3. The molecular weight excluding hydrogens is 544 g/mol. The number of nitrogens with two attached hydrogens (primary N) is 1. The van der Waals surface area contributed by atoms with Crippen LogP contribution in [0.5, 0.6) is 5.75 Å². The summed E-state index contributed by atoms with van der Waals surface area (Å²) in [5.74, 6) is 1.05. The third-order valence-electron chi connectivity index (χ3n) is 6.16. The number of anilines is 1. The van der Waals surface area contributed by atoms with E-state index in [4.69, 9.17) is 29.4 Å². The lowest BCUT2D eigenvalue weighted by atomic mass is 10.0. The number of alkyl carbamates (subject to hydrolysis) is 1. The van der Waals surface area contributed by atoms with E-state index < -0.39 is 47.8 Å². The minimum atomic E-state index is -1.02. The second-order valence-corrected chi connectivity index (χ2v) is 12.0. The van der Waals surface area contributed by atoms with Crippen molar-refractivity contribution in [1.29, 1.82) is 0 Å². The highest BCUT2D eigenvalue weighted by atomic mass is 16.7. The summed E-state index contributed by atoms with van der Waals surface area (Å²) in [5, 5.41) is 2.73. The van der Waals surface area contributed by atoms with Gasteiger partial charge in [-0.1, -0.05) is 12.1 Å². The summed E-state index contributed by atoms with van der Waals surface area (Å²) in [4.78, 5) is 44.4. The standard InChI is InChI=1S/C30H42N4O8/c1-29(2,3)41-27(36)34-18-23(39-28(37)42-30(4,5)6)25(22(34)16-19-8-10-21(38-7)11-9-19)40-26(35)33-15-13-20-12-14-32-24(31)17-20/h8-12,14,17,22-23,25H,13,15-16,18H2,1-7H3,(H2,31,32)(H,33,35)/t22-,23+,25+/m1/s1. The van der Waals surface area contributed by atoms with E-state index in [2.05, 4.69) is 10.3 Å². The molecule has 0 saturated carbocycles. The Labute approximate surface area is 246 Å². The quantitative estimate of drug-likeness (QED) is 0.334. The van der Waals surface area contributed by atoms with E-state index in [0.717, 1.165) is 11.1 Å². The predicted octanol–water partition coefficient (Wildman–Crippen LogP) is 4.49. The van der Waals surface area contributed by atoms with Crippen molar-refractivity contribution in [2.24, 2.45) is 0 Å². The molecule has 1 aromatic carbocycles.